The summed E-state index contributed by atoms with van der Waals surface area (Å²) in [7, 11) is 0. The Kier molecular flexibility index (Phi) is 5.31. The van der Waals surface area contributed by atoms with Crippen molar-refractivity contribution in [3.63, 3.8) is 0 Å². The molecule has 0 spiro atoms. The minimum absolute atomic E-state index is 0.0299. The normalized spacial score (nSPS) is 13.7. The zero-order valence-electron chi connectivity index (χ0n) is 14.4. The van der Waals surface area contributed by atoms with E-state index in [1.807, 2.05) is 9.80 Å². The molecule has 1 fully saturated rings. The molecule has 1 saturated heterocycles. The van der Waals surface area contributed by atoms with Gasteiger partial charge in [0, 0.05) is 50.1 Å². The van der Waals surface area contributed by atoms with Crippen LogP contribution in [0.5, 0.6) is 0 Å². The molecule has 0 radical (unpaired) electrons. The van der Waals surface area contributed by atoms with Crippen LogP contribution in [0, 0.1) is 33.6 Å². The maximum Gasteiger partial charge on any atom is 0.311 e. The summed E-state index contributed by atoms with van der Waals surface area (Å²) >= 11 is 0. The summed E-state index contributed by atoms with van der Waals surface area (Å²) in [6, 6.07) is 6.06. The molecular formula is C19H16F2N4O2. The van der Waals surface area contributed by atoms with E-state index < -0.39 is 16.6 Å². The maximum atomic E-state index is 13.2. The third-order valence-corrected chi connectivity index (χ3v) is 4.14. The molecule has 3 rings (SSSR count). The SMILES string of the molecule is C=C(C#Cc1cc(F)cc(F)c1)N1CCN(c2ncccc2[N+](=O)[O-])CC1. The average Bonchev–Trinajstić information content (AvgIpc) is 2.65. The summed E-state index contributed by atoms with van der Waals surface area (Å²) in [6.45, 7) is 6.05. The molecule has 1 aliphatic rings. The van der Waals surface area contributed by atoms with Crippen molar-refractivity contribution in [2.75, 3.05) is 31.1 Å². The fourth-order valence-corrected chi connectivity index (χ4v) is 2.81. The van der Waals surface area contributed by atoms with Gasteiger partial charge >= 0.3 is 5.69 Å². The van der Waals surface area contributed by atoms with Gasteiger partial charge in [-0.15, -0.1) is 0 Å². The molecule has 27 heavy (non-hydrogen) atoms. The van der Waals surface area contributed by atoms with Crippen LogP contribution in [0.4, 0.5) is 20.3 Å². The molecule has 138 valence electrons. The molecule has 0 atom stereocenters. The quantitative estimate of drug-likeness (QED) is 0.472. The van der Waals surface area contributed by atoms with Gasteiger partial charge < -0.3 is 9.80 Å². The first-order chi connectivity index (χ1) is 12.9. The highest BCUT2D eigenvalue weighted by Gasteiger charge is 2.24. The van der Waals surface area contributed by atoms with Crippen molar-refractivity contribution in [3.8, 4) is 11.8 Å². The lowest BCUT2D eigenvalue weighted by Gasteiger charge is -2.35. The van der Waals surface area contributed by atoms with Crippen LogP contribution in [0.25, 0.3) is 0 Å². The van der Waals surface area contributed by atoms with Crippen molar-refractivity contribution in [1.29, 1.82) is 0 Å². The Morgan fingerprint density at radius 1 is 1.19 bits per heavy atom. The van der Waals surface area contributed by atoms with Gasteiger partial charge in [-0.25, -0.2) is 13.8 Å². The number of benzene rings is 1. The maximum absolute atomic E-state index is 13.2. The topological polar surface area (TPSA) is 62.5 Å². The molecular weight excluding hydrogens is 354 g/mol. The summed E-state index contributed by atoms with van der Waals surface area (Å²) in [5.41, 5.74) is 0.726. The number of aromatic nitrogens is 1. The van der Waals surface area contributed by atoms with Crippen LogP contribution < -0.4 is 4.90 Å². The van der Waals surface area contributed by atoms with E-state index in [0.29, 0.717) is 37.7 Å². The van der Waals surface area contributed by atoms with Crippen LogP contribution in [0.2, 0.25) is 0 Å². The molecule has 0 bridgehead atoms. The molecule has 0 aliphatic carbocycles. The van der Waals surface area contributed by atoms with E-state index in [-0.39, 0.29) is 11.3 Å². The predicted molar refractivity (Wildman–Crippen MR) is 97.1 cm³/mol. The standard InChI is InChI=1S/C19H16F2N4O2/c1-14(4-5-15-11-16(20)13-17(21)12-15)23-7-9-24(10-8-23)19-18(25(26)27)3-2-6-22-19/h2-3,6,11-13H,1,7-10H2. The highest BCUT2D eigenvalue weighted by Crippen LogP contribution is 2.26. The van der Waals surface area contributed by atoms with Crippen molar-refractivity contribution in [2.24, 2.45) is 0 Å². The second-order valence-corrected chi connectivity index (χ2v) is 5.93. The Bertz CT molecular complexity index is 924. The highest BCUT2D eigenvalue weighted by molar-refractivity contribution is 5.57. The van der Waals surface area contributed by atoms with Crippen molar-refractivity contribution in [2.45, 2.75) is 0 Å². The Hall–Kier alpha value is -3.47. The second kappa shape index (κ2) is 7.83. The van der Waals surface area contributed by atoms with E-state index >= 15 is 0 Å². The molecule has 1 aromatic heterocycles. The molecule has 6 nitrogen and oxygen atoms in total. The number of rotatable bonds is 3. The largest absolute Gasteiger partial charge is 0.362 e. The Balaban J connectivity index is 1.65. The van der Waals surface area contributed by atoms with E-state index in [1.165, 1.54) is 18.3 Å². The Morgan fingerprint density at radius 2 is 1.85 bits per heavy atom. The van der Waals surface area contributed by atoms with Gasteiger partial charge in [-0.1, -0.05) is 12.5 Å². The van der Waals surface area contributed by atoms with Gasteiger partial charge in [0.15, 0.2) is 0 Å². The van der Waals surface area contributed by atoms with Gasteiger partial charge in [0.25, 0.3) is 0 Å². The molecule has 0 N–H and O–H groups in total. The molecule has 2 heterocycles. The van der Waals surface area contributed by atoms with Crippen molar-refractivity contribution >= 4 is 11.5 Å². The third kappa shape index (κ3) is 4.39. The zero-order valence-corrected chi connectivity index (χ0v) is 14.4. The number of anilines is 1. The van der Waals surface area contributed by atoms with E-state index in [1.54, 1.807) is 0 Å². The van der Waals surface area contributed by atoms with Crippen LogP contribution in [0.15, 0.2) is 48.8 Å². The molecule has 2 aromatic rings. The molecule has 1 aliphatic heterocycles. The minimum Gasteiger partial charge on any atom is -0.362 e. The van der Waals surface area contributed by atoms with Crippen LogP contribution in [0.3, 0.4) is 0 Å². The fraction of sp³-hybridized carbons (Fsp3) is 0.211. The van der Waals surface area contributed by atoms with Gasteiger partial charge in [-0.3, -0.25) is 10.1 Å². The first-order valence-electron chi connectivity index (χ1n) is 8.20. The van der Waals surface area contributed by atoms with E-state index in [0.717, 1.165) is 18.2 Å². The summed E-state index contributed by atoms with van der Waals surface area (Å²) in [4.78, 5) is 18.6. The number of pyridine rings is 1. The summed E-state index contributed by atoms with van der Waals surface area (Å²) < 4.78 is 26.4. The van der Waals surface area contributed by atoms with E-state index in [4.69, 9.17) is 0 Å². The van der Waals surface area contributed by atoms with Crippen LogP contribution >= 0.6 is 0 Å². The van der Waals surface area contributed by atoms with Crippen LogP contribution in [0.1, 0.15) is 5.56 Å². The van der Waals surface area contributed by atoms with Gasteiger partial charge in [-0.2, -0.15) is 0 Å². The first-order valence-corrected chi connectivity index (χ1v) is 8.20. The summed E-state index contributed by atoms with van der Waals surface area (Å²) in [5.74, 6) is 4.49. The minimum atomic E-state index is -0.685. The lowest BCUT2D eigenvalue weighted by atomic mass is 10.2. The number of halogens is 2. The van der Waals surface area contributed by atoms with E-state index in [2.05, 4.69) is 23.4 Å². The van der Waals surface area contributed by atoms with Crippen LogP contribution in [-0.4, -0.2) is 41.0 Å². The van der Waals surface area contributed by atoms with Crippen molar-refractivity contribution in [1.82, 2.24) is 9.88 Å². The predicted octanol–water partition coefficient (Wildman–Crippen LogP) is 2.96. The average molecular weight is 370 g/mol. The summed E-state index contributed by atoms with van der Waals surface area (Å²) in [6.07, 6.45) is 1.53. The van der Waals surface area contributed by atoms with Gasteiger partial charge in [0.05, 0.1) is 10.6 Å². The smallest absolute Gasteiger partial charge is 0.311 e. The lowest BCUT2D eigenvalue weighted by molar-refractivity contribution is -0.384. The fourth-order valence-electron chi connectivity index (χ4n) is 2.81. The van der Waals surface area contributed by atoms with Gasteiger partial charge in [0.1, 0.15) is 11.6 Å². The number of nitrogens with zero attached hydrogens (tertiary/aromatic N) is 4. The number of hydrogen-bond donors (Lipinski definition) is 0. The first kappa shape index (κ1) is 18.3. The van der Waals surface area contributed by atoms with Gasteiger partial charge in [-0.05, 0) is 24.1 Å². The lowest BCUT2D eigenvalue weighted by Crippen LogP contribution is -2.46. The van der Waals surface area contributed by atoms with Crippen molar-refractivity contribution < 1.29 is 13.7 Å². The zero-order chi connectivity index (χ0) is 19.4. The molecule has 8 heteroatoms. The number of hydrogen-bond acceptors (Lipinski definition) is 5. The Morgan fingerprint density at radius 3 is 2.48 bits per heavy atom. The number of piperazine rings is 1. The van der Waals surface area contributed by atoms with Gasteiger partial charge in [0.2, 0.25) is 5.82 Å². The third-order valence-electron chi connectivity index (χ3n) is 4.14. The molecule has 0 amide bonds. The monoisotopic (exact) mass is 370 g/mol. The number of allylic oxidation sites excluding steroid dienone is 1. The molecule has 1 aromatic carbocycles. The molecule has 0 saturated carbocycles. The van der Waals surface area contributed by atoms with Crippen LogP contribution in [-0.2, 0) is 0 Å². The molecule has 0 unspecified atom stereocenters. The second-order valence-electron chi connectivity index (χ2n) is 5.93. The highest BCUT2D eigenvalue weighted by atomic mass is 19.1. The number of nitro groups is 1. The van der Waals surface area contributed by atoms with Crippen molar-refractivity contribution in [3.05, 3.63) is 76.1 Å². The summed E-state index contributed by atoms with van der Waals surface area (Å²) in [5, 5.41) is 11.1. The van der Waals surface area contributed by atoms with E-state index in [9.17, 15) is 18.9 Å². The Labute approximate surface area is 154 Å².